The van der Waals surface area contributed by atoms with Gasteiger partial charge in [-0.15, -0.1) is 6.58 Å². The molecule has 0 bridgehead atoms. The van der Waals surface area contributed by atoms with Crippen molar-refractivity contribution in [3.63, 3.8) is 0 Å². The van der Waals surface area contributed by atoms with Gasteiger partial charge in [0.1, 0.15) is 12.4 Å². The van der Waals surface area contributed by atoms with Gasteiger partial charge < -0.3 is 9.53 Å². The number of rotatable bonds is 4. The summed E-state index contributed by atoms with van der Waals surface area (Å²) in [6.07, 6.45) is 14.5. The number of carbonyl (C=O) groups is 2. The minimum absolute atomic E-state index is 0.00222. The molecule has 212 valence electrons. The largest absolute Gasteiger partial charge is 0.462 e. The zero-order valence-electron chi connectivity index (χ0n) is 25.9. The van der Waals surface area contributed by atoms with Crippen molar-refractivity contribution >= 4 is 12.3 Å². The van der Waals surface area contributed by atoms with Crippen molar-refractivity contribution in [2.75, 3.05) is 0 Å². The predicted molar refractivity (Wildman–Crippen MR) is 154 cm³/mol. The lowest BCUT2D eigenvalue weighted by Gasteiger charge is -2.78. The Morgan fingerprint density at radius 3 is 2.13 bits per heavy atom. The molecule has 3 nitrogen and oxygen atoms in total. The van der Waals surface area contributed by atoms with E-state index in [1.54, 1.807) is 12.5 Å². The van der Waals surface area contributed by atoms with Gasteiger partial charge in [-0.1, -0.05) is 67.0 Å². The van der Waals surface area contributed by atoms with Gasteiger partial charge in [-0.25, -0.2) is 0 Å². The SMILES string of the molecule is C=CC12CCC3(C)C4(C)CCC(OC(C)=O)C(C)(C)C4CCC3(C)C1(C)CCC1(C=O)CCC(C(C)C)=C12. The average molecular weight is 523 g/mol. The summed E-state index contributed by atoms with van der Waals surface area (Å²) in [6.45, 7) is 26.0. The fourth-order valence-electron chi connectivity index (χ4n) is 12.3. The lowest BCUT2D eigenvalue weighted by atomic mass is 9.25. The van der Waals surface area contributed by atoms with E-state index in [4.69, 9.17) is 4.74 Å². The van der Waals surface area contributed by atoms with Crippen molar-refractivity contribution in [1.29, 1.82) is 0 Å². The first-order valence-electron chi connectivity index (χ1n) is 15.6. The van der Waals surface area contributed by atoms with E-state index in [1.165, 1.54) is 24.7 Å². The highest BCUT2D eigenvalue weighted by atomic mass is 16.5. The molecule has 0 radical (unpaired) electrons. The molecule has 8 unspecified atom stereocenters. The molecular formula is C35H54O3. The maximum atomic E-state index is 12.9. The van der Waals surface area contributed by atoms with Crippen LogP contribution in [0.25, 0.3) is 0 Å². The Labute approximate surface area is 232 Å². The Balaban J connectivity index is 1.66. The zero-order chi connectivity index (χ0) is 28.2. The molecule has 5 rings (SSSR count). The van der Waals surface area contributed by atoms with Crippen molar-refractivity contribution in [2.45, 2.75) is 133 Å². The number of allylic oxidation sites excluding steroid dienone is 3. The van der Waals surface area contributed by atoms with Gasteiger partial charge in [0.05, 0.1) is 0 Å². The Hall–Kier alpha value is -1.38. The molecule has 0 aromatic carbocycles. The monoisotopic (exact) mass is 522 g/mol. The van der Waals surface area contributed by atoms with Crippen LogP contribution >= 0.6 is 0 Å². The van der Waals surface area contributed by atoms with Crippen molar-refractivity contribution in [3.05, 3.63) is 23.8 Å². The van der Waals surface area contributed by atoms with Gasteiger partial charge in [0, 0.05) is 23.2 Å². The Kier molecular flexibility index (Phi) is 6.17. The molecule has 4 saturated carbocycles. The number of hydrogen-bond donors (Lipinski definition) is 0. The summed E-state index contributed by atoms with van der Waals surface area (Å²) < 4.78 is 5.95. The van der Waals surface area contributed by atoms with Crippen LogP contribution in [0.1, 0.15) is 127 Å². The number of esters is 1. The molecule has 0 N–H and O–H groups in total. The van der Waals surface area contributed by atoms with E-state index in [0.717, 1.165) is 51.4 Å². The normalized spacial score (nSPS) is 49.4. The maximum Gasteiger partial charge on any atom is 0.302 e. The highest BCUT2D eigenvalue weighted by Crippen LogP contribution is 2.84. The standard InChI is InChI=1S/C35H54O3/c1-11-35-21-19-31(8)30(7)15-14-27(38-24(4)37)29(5,6)26(30)13-16-32(31,9)33(35,10)18-20-34(22-36)17-12-25(23(2)3)28(34)35/h11,22-23,26-27H,1,12-21H2,2-10H3. The lowest BCUT2D eigenvalue weighted by Crippen LogP contribution is -2.72. The van der Waals surface area contributed by atoms with Crippen LogP contribution in [0, 0.1) is 49.7 Å². The summed E-state index contributed by atoms with van der Waals surface area (Å²) in [5.74, 6) is 0.837. The number of aldehydes is 1. The Morgan fingerprint density at radius 2 is 1.55 bits per heavy atom. The molecule has 0 saturated heterocycles. The Morgan fingerprint density at radius 1 is 0.895 bits per heavy atom. The molecule has 0 aromatic heterocycles. The Bertz CT molecular complexity index is 1080. The minimum Gasteiger partial charge on any atom is -0.462 e. The summed E-state index contributed by atoms with van der Waals surface area (Å²) in [4.78, 5) is 24.9. The van der Waals surface area contributed by atoms with Crippen molar-refractivity contribution in [1.82, 2.24) is 0 Å². The van der Waals surface area contributed by atoms with Crippen LogP contribution in [0.3, 0.4) is 0 Å². The lowest BCUT2D eigenvalue weighted by molar-refractivity contribution is -0.287. The molecule has 0 heterocycles. The van der Waals surface area contributed by atoms with Crippen LogP contribution in [0.15, 0.2) is 23.8 Å². The van der Waals surface area contributed by atoms with Crippen LogP contribution in [0.5, 0.6) is 0 Å². The number of ether oxygens (including phenoxy) is 1. The molecule has 3 heteroatoms. The van der Waals surface area contributed by atoms with Crippen molar-refractivity contribution in [2.24, 2.45) is 49.7 Å². The summed E-state index contributed by atoms with van der Waals surface area (Å²) in [5.41, 5.74) is 3.08. The second-order valence-corrected chi connectivity index (χ2v) is 16.0. The zero-order valence-corrected chi connectivity index (χ0v) is 25.9. The van der Waals surface area contributed by atoms with Gasteiger partial charge in [0.25, 0.3) is 0 Å². The van der Waals surface area contributed by atoms with Crippen LogP contribution in [-0.4, -0.2) is 18.4 Å². The summed E-state index contributed by atoms with van der Waals surface area (Å²) >= 11 is 0. The smallest absolute Gasteiger partial charge is 0.302 e. The van der Waals surface area contributed by atoms with Gasteiger partial charge >= 0.3 is 5.97 Å². The van der Waals surface area contributed by atoms with Crippen LogP contribution in [-0.2, 0) is 14.3 Å². The van der Waals surface area contributed by atoms with E-state index in [9.17, 15) is 9.59 Å². The van der Waals surface area contributed by atoms with Gasteiger partial charge in [0.2, 0.25) is 0 Å². The molecule has 4 fully saturated rings. The van der Waals surface area contributed by atoms with E-state index >= 15 is 0 Å². The van der Waals surface area contributed by atoms with E-state index in [1.807, 2.05) is 0 Å². The van der Waals surface area contributed by atoms with Crippen LogP contribution in [0.2, 0.25) is 0 Å². The number of hydrogen-bond acceptors (Lipinski definition) is 3. The second kappa shape index (κ2) is 8.32. The number of fused-ring (bicyclic) bond motifs is 7. The molecule has 0 aliphatic heterocycles. The van der Waals surface area contributed by atoms with E-state index in [0.29, 0.717) is 11.8 Å². The molecule has 5 aliphatic carbocycles. The maximum absolute atomic E-state index is 12.9. The van der Waals surface area contributed by atoms with Crippen LogP contribution < -0.4 is 0 Å². The van der Waals surface area contributed by atoms with E-state index < -0.39 is 0 Å². The molecule has 0 aromatic rings. The highest BCUT2D eigenvalue weighted by Gasteiger charge is 2.77. The second-order valence-electron chi connectivity index (χ2n) is 16.0. The van der Waals surface area contributed by atoms with Gasteiger partial charge in [0.15, 0.2) is 0 Å². The topological polar surface area (TPSA) is 43.4 Å². The molecular weight excluding hydrogens is 468 g/mol. The third-order valence-electron chi connectivity index (χ3n) is 14.8. The summed E-state index contributed by atoms with van der Waals surface area (Å²) in [5, 5.41) is 0. The van der Waals surface area contributed by atoms with E-state index in [2.05, 4.69) is 68.0 Å². The van der Waals surface area contributed by atoms with Crippen molar-refractivity contribution in [3.8, 4) is 0 Å². The third kappa shape index (κ3) is 2.98. The summed E-state index contributed by atoms with van der Waals surface area (Å²) in [6, 6.07) is 0. The van der Waals surface area contributed by atoms with Gasteiger partial charge in [-0.2, -0.15) is 0 Å². The molecule has 0 spiro atoms. The molecule has 38 heavy (non-hydrogen) atoms. The first-order chi connectivity index (χ1) is 17.6. The first kappa shape index (κ1) is 28.2. The van der Waals surface area contributed by atoms with E-state index in [-0.39, 0.29) is 50.0 Å². The molecule has 8 atom stereocenters. The average Bonchev–Trinajstić information content (AvgIpc) is 3.24. The van der Waals surface area contributed by atoms with Crippen LogP contribution in [0.4, 0.5) is 0 Å². The predicted octanol–water partition coefficient (Wildman–Crippen LogP) is 8.87. The fourth-order valence-corrected chi connectivity index (χ4v) is 12.3. The van der Waals surface area contributed by atoms with Crippen molar-refractivity contribution < 1.29 is 14.3 Å². The number of carbonyl (C=O) groups excluding carboxylic acids is 2. The fraction of sp³-hybridized carbons (Fsp3) is 0.829. The minimum atomic E-state index is -0.289. The molecule has 0 amide bonds. The first-order valence-corrected chi connectivity index (χ1v) is 15.6. The van der Waals surface area contributed by atoms with Gasteiger partial charge in [-0.05, 0) is 103 Å². The van der Waals surface area contributed by atoms with Gasteiger partial charge in [-0.3, -0.25) is 4.79 Å². The quantitative estimate of drug-likeness (QED) is 0.210. The molecule has 5 aliphatic rings. The summed E-state index contributed by atoms with van der Waals surface area (Å²) in [7, 11) is 0. The highest BCUT2D eigenvalue weighted by molar-refractivity contribution is 5.70. The third-order valence-corrected chi connectivity index (χ3v) is 14.8.